The number of hydrogen-bond donors (Lipinski definition) is 1. The minimum atomic E-state index is -0.896. The lowest BCUT2D eigenvalue weighted by molar-refractivity contribution is -0.120. The Morgan fingerprint density at radius 2 is 1.81 bits per heavy atom. The van der Waals surface area contributed by atoms with Gasteiger partial charge in [0.25, 0.3) is 0 Å². The monoisotopic (exact) mass is 362 g/mol. The van der Waals surface area contributed by atoms with Crippen molar-refractivity contribution < 1.29 is 27.8 Å². The summed E-state index contributed by atoms with van der Waals surface area (Å²) >= 11 is 0. The Bertz CT molecular complexity index is 857. The van der Waals surface area contributed by atoms with Crippen LogP contribution in [0.5, 0.6) is 11.5 Å². The van der Waals surface area contributed by atoms with Crippen LogP contribution in [0, 0.1) is 11.6 Å². The number of ether oxygens (including phenoxy) is 2. The molecule has 2 amide bonds. The third kappa shape index (κ3) is 3.90. The predicted molar refractivity (Wildman–Crippen MR) is 90.4 cm³/mol. The zero-order chi connectivity index (χ0) is 18.7. The van der Waals surface area contributed by atoms with Crippen molar-refractivity contribution in [2.45, 2.75) is 6.92 Å². The maximum absolute atomic E-state index is 13.7. The fourth-order valence-electron chi connectivity index (χ4n) is 2.51. The number of halogens is 2. The lowest BCUT2D eigenvalue weighted by Gasteiger charge is -2.24. The number of hydrogen-bond acceptors (Lipinski definition) is 4. The van der Waals surface area contributed by atoms with Crippen molar-refractivity contribution in [1.29, 1.82) is 0 Å². The van der Waals surface area contributed by atoms with Crippen LogP contribution in [0.4, 0.5) is 20.2 Å². The second-order valence-electron chi connectivity index (χ2n) is 5.61. The van der Waals surface area contributed by atoms with Crippen LogP contribution in [0.15, 0.2) is 36.4 Å². The summed E-state index contributed by atoms with van der Waals surface area (Å²) in [7, 11) is 0. The van der Waals surface area contributed by atoms with Crippen LogP contribution in [0.3, 0.4) is 0 Å². The van der Waals surface area contributed by atoms with Gasteiger partial charge in [-0.2, -0.15) is 0 Å². The third-order valence-electron chi connectivity index (χ3n) is 3.72. The number of rotatable bonds is 4. The number of carbonyl (C=O) groups is 2. The number of fused-ring (bicyclic) bond motifs is 1. The molecule has 0 saturated carbocycles. The first-order valence-corrected chi connectivity index (χ1v) is 7.86. The summed E-state index contributed by atoms with van der Waals surface area (Å²) < 4.78 is 37.5. The Kier molecular flexibility index (Phi) is 5.01. The zero-order valence-corrected chi connectivity index (χ0v) is 13.9. The molecule has 2 aromatic rings. The summed E-state index contributed by atoms with van der Waals surface area (Å²) in [5, 5.41) is 2.32. The van der Waals surface area contributed by atoms with Gasteiger partial charge in [-0.3, -0.25) is 9.59 Å². The van der Waals surface area contributed by atoms with Crippen LogP contribution in [0.25, 0.3) is 0 Å². The second kappa shape index (κ2) is 7.38. The summed E-state index contributed by atoms with van der Waals surface area (Å²) in [5.41, 5.74) is 0.276. The summed E-state index contributed by atoms with van der Waals surface area (Å²) in [6.07, 6.45) is 0. The van der Waals surface area contributed by atoms with E-state index in [9.17, 15) is 18.4 Å². The van der Waals surface area contributed by atoms with Crippen molar-refractivity contribution >= 4 is 23.2 Å². The first-order valence-electron chi connectivity index (χ1n) is 7.86. The number of nitrogens with zero attached hydrogens (tertiary/aromatic N) is 1. The van der Waals surface area contributed by atoms with Gasteiger partial charge in [0.2, 0.25) is 11.8 Å². The van der Waals surface area contributed by atoms with Crippen LogP contribution in [0.1, 0.15) is 6.92 Å². The number of amides is 2. The number of anilines is 2. The quantitative estimate of drug-likeness (QED) is 0.908. The molecule has 1 heterocycles. The van der Waals surface area contributed by atoms with Gasteiger partial charge < -0.3 is 19.7 Å². The average Bonchev–Trinajstić information content (AvgIpc) is 2.61. The molecule has 3 rings (SSSR count). The van der Waals surface area contributed by atoms with Gasteiger partial charge in [0.05, 0.1) is 5.69 Å². The summed E-state index contributed by atoms with van der Waals surface area (Å²) in [6.45, 7) is 1.80. The standard InChI is InChI=1S/C18H16F2N2O4/c1-11(23)22(13-3-5-16-17(9-13)26-7-6-25-16)10-18(24)21-15-4-2-12(19)8-14(15)20/h2-5,8-9H,6-7,10H2,1H3,(H,21,24). The summed E-state index contributed by atoms with van der Waals surface area (Å²) in [4.78, 5) is 25.4. The van der Waals surface area contributed by atoms with Gasteiger partial charge in [0.1, 0.15) is 31.4 Å². The Morgan fingerprint density at radius 1 is 1.08 bits per heavy atom. The van der Waals surface area contributed by atoms with Crippen molar-refractivity contribution in [2.75, 3.05) is 30.0 Å². The highest BCUT2D eigenvalue weighted by molar-refractivity contribution is 6.02. The molecule has 0 bridgehead atoms. The van der Waals surface area contributed by atoms with E-state index in [-0.39, 0.29) is 18.1 Å². The van der Waals surface area contributed by atoms with E-state index in [1.165, 1.54) is 11.8 Å². The van der Waals surface area contributed by atoms with Crippen LogP contribution >= 0.6 is 0 Å². The normalized spacial score (nSPS) is 12.4. The van der Waals surface area contributed by atoms with Crippen molar-refractivity contribution in [3.63, 3.8) is 0 Å². The fourth-order valence-corrected chi connectivity index (χ4v) is 2.51. The molecule has 0 saturated heterocycles. The van der Waals surface area contributed by atoms with E-state index < -0.39 is 17.5 Å². The molecular weight excluding hydrogens is 346 g/mol. The highest BCUT2D eigenvalue weighted by Gasteiger charge is 2.20. The first-order chi connectivity index (χ1) is 12.4. The van der Waals surface area contributed by atoms with Gasteiger partial charge in [0.15, 0.2) is 11.5 Å². The SMILES string of the molecule is CC(=O)N(CC(=O)Nc1ccc(F)cc1F)c1ccc2c(c1)OCCO2. The molecule has 1 aliphatic rings. The molecule has 1 aliphatic heterocycles. The molecule has 1 N–H and O–H groups in total. The van der Waals surface area contributed by atoms with Gasteiger partial charge in [-0.1, -0.05) is 0 Å². The molecule has 2 aromatic carbocycles. The Hall–Kier alpha value is -3.16. The van der Waals surface area contributed by atoms with Crippen molar-refractivity contribution in [3.8, 4) is 11.5 Å². The van der Waals surface area contributed by atoms with Gasteiger partial charge in [-0.25, -0.2) is 8.78 Å². The van der Waals surface area contributed by atoms with Crippen LogP contribution in [-0.4, -0.2) is 31.6 Å². The highest BCUT2D eigenvalue weighted by atomic mass is 19.1. The Labute approximate surface area is 148 Å². The van der Waals surface area contributed by atoms with Gasteiger partial charge in [-0.05, 0) is 24.3 Å². The van der Waals surface area contributed by atoms with Crippen molar-refractivity contribution in [1.82, 2.24) is 0 Å². The molecule has 0 fully saturated rings. The van der Waals surface area contributed by atoms with Gasteiger partial charge in [-0.15, -0.1) is 0 Å². The second-order valence-corrected chi connectivity index (χ2v) is 5.61. The minimum absolute atomic E-state index is 0.165. The molecular formula is C18H16F2N2O4. The Balaban J connectivity index is 1.76. The predicted octanol–water partition coefficient (Wildman–Crippen LogP) is 2.73. The van der Waals surface area contributed by atoms with Crippen LogP contribution in [0.2, 0.25) is 0 Å². The van der Waals surface area contributed by atoms with Gasteiger partial charge in [0, 0.05) is 24.7 Å². The first kappa shape index (κ1) is 17.7. The van der Waals surface area contributed by atoms with E-state index in [0.29, 0.717) is 36.5 Å². The van der Waals surface area contributed by atoms with E-state index in [4.69, 9.17) is 9.47 Å². The minimum Gasteiger partial charge on any atom is -0.486 e. The molecule has 6 nitrogen and oxygen atoms in total. The smallest absolute Gasteiger partial charge is 0.244 e. The van der Waals surface area contributed by atoms with Crippen LogP contribution < -0.4 is 19.7 Å². The average molecular weight is 362 g/mol. The molecule has 0 spiro atoms. The molecule has 0 aromatic heterocycles. The maximum Gasteiger partial charge on any atom is 0.244 e. The Morgan fingerprint density at radius 3 is 2.50 bits per heavy atom. The van der Waals surface area contributed by atoms with E-state index >= 15 is 0 Å². The lowest BCUT2D eigenvalue weighted by atomic mass is 10.2. The molecule has 0 atom stereocenters. The summed E-state index contributed by atoms with van der Waals surface area (Å²) in [6, 6.07) is 7.69. The lowest BCUT2D eigenvalue weighted by Crippen LogP contribution is -2.36. The van der Waals surface area contributed by atoms with E-state index in [1.807, 2.05) is 0 Å². The number of benzene rings is 2. The van der Waals surface area contributed by atoms with Gasteiger partial charge >= 0.3 is 0 Å². The summed E-state index contributed by atoms with van der Waals surface area (Å²) in [5.74, 6) is -1.61. The third-order valence-corrected chi connectivity index (χ3v) is 3.72. The van der Waals surface area contributed by atoms with Crippen molar-refractivity contribution in [3.05, 3.63) is 48.0 Å². The van der Waals surface area contributed by atoms with E-state index in [0.717, 1.165) is 12.1 Å². The largest absolute Gasteiger partial charge is 0.486 e. The number of nitrogens with one attached hydrogen (secondary N) is 1. The van der Waals surface area contributed by atoms with E-state index in [1.54, 1.807) is 18.2 Å². The molecule has 0 radical (unpaired) electrons. The topological polar surface area (TPSA) is 67.9 Å². The maximum atomic E-state index is 13.7. The molecule has 0 aliphatic carbocycles. The van der Waals surface area contributed by atoms with E-state index in [2.05, 4.69) is 5.32 Å². The van der Waals surface area contributed by atoms with Crippen LogP contribution in [-0.2, 0) is 9.59 Å². The molecule has 8 heteroatoms. The van der Waals surface area contributed by atoms with Crippen molar-refractivity contribution in [2.24, 2.45) is 0 Å². The number of carbonyl (C=O) groups excluding carboxylic acids is 2. The molecule has 136 valence electrons. The molecule has 26 heavy (non-hydrogen) atoms. The fraction of sp³-hybridized carbons (Fsp3) is 0.222. The molecule has 0 unspecified atom stereocenters. The zero-order valence-electron chi connectivity index (χ0n) is 13.9. The highest BCUT2D eigenvalue weighted by Crippen LogP contribution is 2.34.